The molecular weight excluding hydrogens is 158 g/mol. The Morgan fingerprint density at radius 3 is 3.00 bits per heavy atom. The van der Waals surface area contributed by atoms with Gasteiger partial charge in [-0.05, 0) is 12.8 Å². The molecular formula is C8H13NOS. The fourth-order valence-electron chi connectivity index (χ4n) is 1.70. The third-order valence-electron chi connectivity index (χ3n) is 2.28. The van der Waals surface area contributed by atoms with Gasteiger partial charge in [0.1, 0.15) is 0 Å². The first-order valence-corrected chi connectivity index (χ1v) is 5.02. The van der Waals surface area contributed by atoms with Crippen molar-refractivity contribution < 1.29 is 5.11 Å². The molecule has 0 bridgehead atoms. The monoisotopic (exact) mass is 171 g/mol. The van der Waals surface area contributed by atoms with Crippen LogP contribution >= 0.6 is 11.8 Å². The lowest BCUT2D eigenvalue weighted by molar-refractivity contribution is 0.276. The van der Waals surface area contributed by atoms with Gasteiger partial charge in [-0.3, -0.25) is 5.32 Å². The molecule has 3 unspecified atom stereocenters. The fraction of sp³-hybridized carbons (Fsp3) is 0.750. The molecule has 1 fully saturated rings. The smallest absolute Gasteiger partial charge is 0.0772 e. The van der Waals surface area contributed by atoms with Crippen molar-refractivity contribution in [2.75, 3.05) is 6.61 Å². The summed E-state index contributed by atoms with van der Waals surface area (Å²) in [7, 11) is 0. The van der Waals surface area contributed by atoms with Crippen molar-refractivity contribution in [1.82, 2.24) is 5.32 Å². The summed E-state index contributed by atoms with van der Waals surface area (Å²) < 4.78 is 0. The van der Waals surface area contributed by atoms with Gasteiger partial charge in [0, 0.05) is 11.3 Å². The molecule has 0 radical (unpaired) electrons. The maximum Gasteiger partial charge on any atom is 0.0772 e. The number of aliphatic hydroxyl groups excluding tert-OH is 1. The summed E-state index contributed by atoms with van der Waals surface area (Å²) in [5, 5.41) is 13.3. The molecule has 0 spiro atoms. The van der Waals surface area contributed by atoms with Gasteiger partial charge in [-0.2, -0.15) is 0 Å². The van der Waals surface area contributed by atoms with Crippen molar-refractivity contribution >= 4 is 11.8 Å². The predicted octanol–water partition coefficient (Wildman–Crippen LogP) is 0.728. The molecule has 1 saturated heterocycles. The van der Waals surface area contributed by atoms with E-state index in [1.54, 1.807) is 0 Å². The lowest BCUT2D eigenvalue weighted by Crippen LogP contribution is -2.35. The van der Waals surface area contributed by atoms with Gasteiger partial charge in [0.2, 0.25) is 0 Å². The first kappa shape index (κ1) is 7.65. The minimum Gasteiger partial charge on any atom is -0.394 e. The summed E-state index contributed by atoms with van der Waals surface area (Å²) in [6.45, 7) is 0.262. The number of aliphatic hydroxyl groups is 1. The molecule has 2 aliphatic rings. The molecule has 2 rings (SSSR count). The number of fused-ring (bicyclic) bond motifs is 1. The molecule has 2 N–H and O–H groups in total. The quantitative estimate of drug-likeness (QED) is 0.570. The van der Waals surface area contributed by atoms with Gasteiger partial charge < -0.3 is 5.11 Å². The highest BCUT2D eigenvalue weighted by Gasteiger charge is 2.33. The van der Waals surface area contributed by atoms with Gasteiger partial charge in [0.25, 0.3) is 0 Å². The highest BCUT2D eigenvalue weighted by molar-refractivity contribution is 8.00. The maximum atomic E-state index is 8.91. The van der Waals surface area contributed by atoms with E-state index in [-0.39, 0.29) is 12.0 Å². The van der Waals surface area contributed by atoms with E-state index < -0.39 is 0 Å². The van der Waals surface area contributed by atoms with Crippen molar-refractivity contribution in [1.29, 1.82) is 0 Å². The Morgan fingerprint density at radius 2 is 2.27 bits per heavy atom. The molecule has 62 valence electrons. The van der Waals surface area contributed by atoms with E-state index in [9.17, 15) is 0 Å². The first-order valence-electron chi connectivity index (χ1n) is 4.07. The average molecular weight is 171 g/mol. The van der Waals surface area contributed by atoms with E-state index in [4.69, 9.17) is 5.11 Å². The number of allylic oxidation sites excluding steroid dienone is 1. The van der Waals surface area contributed by atoms with Gasteiger partial charge in [0.15, 0.2) is 0 Å². The zero-order valence-corrected chi connectivity index (χ0v) is 7.18. The summed E-state index contributed by atoms with van der Waals surface area (Å²) >= 11 is 1.88. The second kappa shape index (κ2) is 3.17. The average Bonchev–Trinajstić information content (AvgIpc) is 2.46. The Kier molecular flexibility index (Phi) is 2.20. The van der Waals surface area contributed by atoms with Crippen LogP contribution in [0.2, 0.25) is 0 Å². The standard InChI is InChI=1S/C8H13NOS/c10-5-8-9-6-3-1-2-4-7(6)11-8/h1-2,6-10H,3-5H2. The third-order valence-corrected chi connectivity index (χ3v) is 3.76. The molecule has 2 nitrogen and oxygen atoms in total. The van der Waals surface area contributed by atoms with Gasteiger partial charge in [-0.25, -0.2) is 0 Å². The van der Waals surface area contributed by atoms with Gasteiger partial charge in [0.05, 0.1) is 12.0 Å². The topological polar surface area (TPSA) is 32.3 Å². The van der Waals surface area contributed by atoms with Crippen molar-refractivity contribution in [2.45, 2.75) is 29.5 Å². The van der Waals surface area contributed by atoms with Gasteiger partial charge >= 0.3 is 0 Å². The van der Waals surface area contributed by atoms with Gasteiger partial charge in [-0.1, -0.05) is 12.2 Å². The van der Waals surface area contributed by atoms with Crippen LogP contribution in [-0.2, 0) is 0 Å². The molecule has 0 aromatic rings. The molecule has 0 aromatic carbocycles. The van der Waals surface area contributed by atoms with Crippen molar-refractivity contribution in [3.8, 4) is 0 Å². The van der Waals surface area contributed by atoms with E-state index >= 15 is 0 Å². The molecule has 0 saturated carbocycles. The van der Waals surface area contributed by atoms with Crippen LogP contribution in [0, 0.1) is 0 Å². The van der Waals surface area contributed by atoms with Crippen LogP contribution in [0.5, 0.6) is 0 Å². The Balaban J connectivity index is 1.98. The molecule has 3 atom stereocenters. The van der Waals surface area contributed by atoms with Crippen molar-refractivity contribution in [3.63, 3.8) is 0 Å². The SMILES string of the molecule is OCC1NC2CC=CCC2S1. The number of hydrogen-bond acceptors (Lipinski definition) is 3. The summed E-state index contributed by atoms with van der Waals surface area (Å²) in [5.41, 5.74) is 0. The normalized spacial score (nSPS) is 42.5. The number of hydrogen-bond donors (Lipinski definition) is 2. The minimum atomic E-state index is 0.262. The van der Waals surface area contributed by atoms with E-state index in [0.29, 0.717) is 11.3 Å². The number of nitrogens with one attached hydrogen (secondary N) is 1. The zero-order valence-electron chi connectivity index (χ0n) is 6.36. The van der Waals surface area contributed by atoms with Crippen LogP contribution in [0.3, 0.4) is 0 Å². The van der Waals surface area contributed by atoms with E-state index in [0.717, 1.165) is 6.42 Å². The predicted molar refractivity (Wildman–Crippen MR) is 47.6 cm³/mol. The van der Waals surface area contributed by atoms with E-state index in [1.165, 1.54) is 6.42 Å². The van der Waals surface area contributed by atoms with Gasteiger partial charge in [-0.15, -0.1) is 11.8 Å². The molecule has 1 aliphatic carbocycles. The highest BCUT2D eigenvalue weighted by atomic mass is 32.2. The first-order chi connectivity index (χ1) is 5.40. The lowest BCUT2D eigenvalue weighted by atomic mass is 10.0. The molecule has 1 aliphatic heterocycles. The third kappa shape index (κ3) is 1.45. The Morgan fingerprint density at radius 1 is 1.45 bits per heavy atom. The Bertz CT molecular complexity index is 155. The molecule has 3 heteroatoms. The maximum absolute atomic E-state index is 8.91. The van der Waals surface area contributed by atoms with Crippen molar-refractivity contribution in [3.05, 3.63) is 12.2 Å². The van der Waals surface area contributed by atoms with E-state index in [2.05, 4.69) is 17.5 Å². The highest BCUT2D eigenvalue weighted by Crippen LogP contribution is 2.33. The van der Waals surface area contributed by atoms with Crippen LogP contribution < -0.4 is 5.32 Å². The zero-order chi connectivity index (χ0) is 7.68. The molecule has 0 aromatic heterocycles. The second-order valence-electron chi connectivity index (χ2n) is 3.06. The summed E-state index contributed by atoms with van der Waals surface area (Å²) in [5.74, 6) is 0. The van der Waals surface area contributed by atoms with Crippen LogP contribution in [-0.4, -0.2) is 28.4 Å². The minimum absolute atomic E-state index is 0.262. The largest absolute Gasteiger partial charge is 0.394 e. The molecule has 1 heterocycles. The van der Waals surface area contributed by atoms with Crippen molar-refractivity contribution in [2.24, 2.45) is 0 Å². The fourth-order valence-corrected chi connectivity index (χ4v) is 3.06. The van der Waals surface area contributed by atoms with Crippen LogP contribution in [0.1, 0.15) is 12.8 Å². The lowest BCUT2D eigenvalue weighted by Gasteiger charge is -2.18. The van der Waals surface area contributed by atoms with Crippen LogP contribution in [0.25, 0.3) is 0 Å². The molecule has 0 amide bonds. The van der Waals surface area contributed by atoms with Crippen LogP contribution in [0.15, 0.2) is 12.2 Å². The summed E-state index contributed by atoms with van der Waals surface area (Å²) in [6, 6.07) is 0.613. The summed E-state index contributed by atoms with van der Waals surface area (Å²) in [6.07, 6.45) is 6.77. The Hall–Kier alpha value is 0.01000. The van der Waals surface area contributed by atoms with E-state index in [1.807, 2.05) is 11.8 Å². The van der Waals surface area contributed by atoms with Crippen LogP contribution in [0.4, 0.5) is 0 Å². The second-order valence-corrected chi connectivity index (χ2v) is 4.51. The number of thioether (sulfide) groups is 1. The molecule has 11 heavy (non-hydrogen) atoms. The summed E-state index contributed by atoms with van der Waals surface area (Å²) in [4.78, 5) is 0. The Labute approximate surface area is 71.1 Å². The number of rotatable bonds is 1.